The third-order valence-corrected chi connectivity index (χ3v) is 4.97. The first kappa shape index (κ1) is 33.8. The molecular formula is C25H56N2O3. The molecule has 2 N–H and O–H groups in total. The first-order valence-corrected chi connectivity index (χ1v) is 12.8. The van der Waals surface area contributed by atoms with Gasteiger partial charge < -0.3 is 20.0 Å². The quantitative estimate of drug-likeness (QED) is 0.233. The summed E-state index contributed by atoms with van der Waals surface area (Å²) in [7, 11) is 0. The van der Waals surface area contributed by atoms with Crippen LogP contribution in [0.3, 0.4) is 0 Å². The van der Waals surface area contributed by atoms with Crippen molar-refractivity contribution in [2.75, 3.05) is 39.3 Å². The van der Waals surface area contributed by atoms with Gasteiger partial charge in [0.25, 0.3) is 0 Å². The van der Waals surface area contributed by atoms with E-state index in [0.29, 0.717) is 0 Å². The van der Waals surface area contributed by atoms with Crippen LogP contribution in [0.1, 0.15) is 119 Å². The van der Waals surface area contributed by atoms with E-state index >= 15 is 0 Å². The highest BCUT2D eigenvalue weighted by Crippen LogP contribution is 2.02. The van der Waals surface area contributed by atoms with Crippen molar-refractivity contribution in [1.29, 1.82) is 0 Å². The predicted molar refractivity (Wildman–Crippen MR) is 133 cm³/mol. The summed E-state index contributed by atoms with van der Waals surface area (Å²) in [5, 5.41) is 13.9. The largest absolute Gasteiger partial charge is 0.503 e. The molecule has 0 aromatic rings. The molecule has 0 aromatic heterocycles. The van der Waals surface area contributed by atoms with Crippen molar-refractivity contribution in [3.63, 3.8) is 0 Å². The number of nitrogens with zero attached hydrogens (tertiary/aromatic N) is 2. The SMILES string of the molecule is CCCCN(CCCC)CCCC.CCCCN(CCCC)CCCC.O=C(O)O. The monoisotopic (exact) mass is 432 g/mol. The van der Waals surface area contributed by atoms with Gasteiger partial charge in [-0.15, -0.1) is 0 Å². The minimum absolute atomic E-state index is 1.32. The van der Waals surface area contributed by atoms with Crippen LogP contribution in [-0.4, -0.2) is 65.4 Å². The van der Waals surface area contributed by atoms with Crippen LogP contribution in [-0.2, 0) is 0 Å². The Morgan fingerprint density at radius 3 is 0.700 bits per heavy atom. The summed E-state index contributed by atoms with van der Waals surface area (Å²) < 4.78 is 0. The van der Waals surface area contributed by atoms with Crippen molar-refractivity contribution in [3.8, 4) is 0 Å². The number of unbranched alkanes of at least 4 members (excludes halogenated alkanes) is 6. The number of hydrogen-bond acceptors (Lipinski definition) is 3. The molecule has 0 aromatic carbocycles. The highest BCUT2D eigenvalue weighted by atomic mass is 16.6. The van der Waals surface area contributed by atoms with Gasteiger partial charge in [0.15, 0.2) is 0 Å². The zero-order valence-corrected chi connectivity index (χ0v) is 21.4. The lowest BCUT2D eigenvalue weighted by Gasteiger charge is -2.21. The van der Waals surface area contributed by atoms with Crippen molar-refractivity contribution in [1.82, 2.24) is 9.80 Å². The van der Waals surface area contributed by atoms with E-state index in [9.17, 15) is 0 Å². The maximum atomic E-state index is 8.56. The van der Waals surface area contributed by atoms with Crippen LogP contribution in [0.4, 0.5) is 4.79 Å². The fourth-order valence-corrected chi connectivity index (χ4v) is 2.96. The van der Waals surface area contributed by atoms with Gasteiger partial charge in [-0.3, -0.25) is 0 Å². The molecule has 0 aliphatic rings. The smallest absolute Gasteiger partial charge is 0.450 e. The second-order valence-electron chi connectivity index (χ2n) is 8.09. The van der Waals surface area contributed by atoms with Crippen LogP contribution in [0.2, 0.25) is 0 Å². The number of hydrogen-bond donors (Lipinski definition) is 2. The lowest BCUT2D eigenvalue weighted by molar-refractivity contribution is 0.137. The van der Waals surface area contributed by atoms with Gasteiger partial charge in [0, 0.05) is 0 Å². The molecule has 0 aliphatic heterocycles. The Balaban J connectivity index is -0.000000412. The third kappa shape index (κ3) is 34.7. The minimum atomic E-state index is -1.83. The van der Waals surface area contributed by atoms with E-state index in [0.717, 1.165) is 0 Å². The second kappa shape index (κ2) is 30.4. The summed E-state index contributed by atoms with van der Waals surface area (Å²) in [6.07, 6.45) is 14.3. The summed E-state index contributed by atoms with van der Waals surface area (Å²) in [5.74, 6) is 0. The second-order valence-corrected chi connectivity index (χ2v) is 8.09. The first-order valence-electron chi connectivity index (χ1n) is 12.8. The molecule has 0 aliphatic carbocycles. The zero-order chi connectivity index (χ0) is 23.5. The van der Waals surface area contributed by atoms with Crippen molar-refractivity contribution in [3.05, 3.63) is 0 Å². The molecule has 0 saturated heterocycles. The van der Waals surface area contributed by atoms with Crippen molar-refractivity contribution in [2.45, 2.75) is 119 Å². The Hall–Kier alpha value is -0.810. The average Bonchev–Trinajstić information content (AvgIpc) is 2.72. The fraction of sp³-hybridized carbons (Fsp3) is 0.960. The van der Waals surface area contributed by atoms with Crippen molar-refractivity contribution >= 4 is 6.16 Å². The standard InChI is InChI=1S/2C12H27N.CH2O3/c2*1-4-7-10-13(11-8-5-2)12-9-6-3;2-1(3)4/h2*4-12H2,1-3H3;(H2,2,3,4). The molecule has 0 bridgehead atoms. The van der Waals surface area contributed by atoms with Crippen LogP contribution in [0.5, 0.6) is 0 Å². The van der Waals surface area contributed by atoms with E-state index in [1.54, 1.807) is 0 Å². The molecule has 30 heavy (non-hydrogen) atoms. The lowest BCUT2D eigenvalue weighted by atomic mass is 10.2. The molecule has 0 rings (SSSR count). The van der Waals surface area contributed by atoms with Gasteiger partial charge in [-0.05, 0) is 77.8 Å². The Kier molecular flexibility index (Phi) is 34.3. The fourth-order valence-electron chi connectivity index (χ4n) is 2.96. The molecule has 0 atom stereocenters. The van der Waals surface area contributed by atoms with E-state index in [-0.39, 0.29) is 0 Å². The number of rotatable bonds is 18. The van der Waals surface area contributed by atoms with E-state index in [1.807, 2.05) is 0 Å². The highest BCUT2D eigenvalue weighted by Gasteiger charge is 2.02. The van der Waals surface area contributed by atoms with E-state index in [4.69, 9.17) is 15.0 Å². The van der Waals surface area contributed by atoms with Gasteiger partial charge in [-0.1, -0.05) is 80.1 Å². The first-order chi connectivity index (χ1) is 14.4. The van der Waals surface area contributed by atoms with Gasteiger partial charge in [0.2, 0.25) is 0 Å². The lowest BCUT2D eigenvalue weighted by Crippen LogP contribution is -2.27. The molecule has 184 valence electrons. The Morgan fingerprint density at radius 1 is 0.467 bits per heavy atom. The zero-order valence-electron chi connectivity index (χ0n) is 21.4. The Labute approximate surface area is 189 Å². The van der Waals surface area contributed by atoms with Crippen LogP contribution >= 0.6 is 0 Å². The minimum Gasteiger partial charge on any atom is -0.450 e. The number of carboxylic acid groups (broad SMARTS) is 2. The molecular weight excluding hydrogens is 376 g/mol. The molecule has 0 unspecified atom stereocenters. The molecule has 0 spiro atoms. The van der Waals surface area contributed by atoms with Crippen LogP contribution in [0, 0.1) is 0 Å². The maximum absolute atomic E-state index is 8.56. The Morgan fingerprint density at radius 2 is 0.600 bits per heavy atom. The van der Waals surface area contributed by atoms with Gasteiger partial charge in [-0.25, -0.2) is 4.79 Å². The third-order valence-electron chi connectivity index (χ3n) is 4.97. The summed E-state index contributed by atoms with van der Waals surface area (Å²) in [4.78, 5) is 13.8. The average molecular weight is 433 g/mol. The molecule has 0 radical (unpaired) electrons. The van der Waals surface area contributed by atoms with Crippen LogP contribution in [0.25, 0.3) is 0 Å². The Bertz CT molecular complexity index is 249. The summed E-state index contributed by atoms with van der Waals surface area (Å²) >= 11 is 0. The topological polar surface area (TPSA) is 64.0 Å². The highest BCUT2D eigenvalue weighted by molar-refractivity contribution is 5.53. The van der Waals surface area contributed by atoms with Crippen LogP contribution in [0.15, 0.2) is 0 Å². The van der Waals surface area contributed by atoms with Crippen molar-refractivity contribution in [2.24, 2.45) is 0 Å². The molecule has 0 heterocycles. The summed E-state index contributed by atoms with van der Waals surface area (Å²) in [5.41, 5.74) is 0. The van der Waals surface area contributed by atoms with Crippen molar-refractivity contribution < 1.29 is 15.0 Å². The van der Waals surface area contributed by atoms with Crippen LogP contribution < -0.4 is 0 Å². The molecule has 5 nitrogen and oxygen atoms in total. The van der Waals surface area contributed by atoms with E-state index in [1.165, 1.54) is 116 Å². The van der Waals surface area contributed by atoms with Gasteiger partial charge in [-0.2, -0.15) is 0 Å². The van der Waals surface area contributed by atoms with Gasteiger partial charge >= 0.3 is 6.16 Å². The van der Waals surface area contributed by atoms with Gasteiger partial charge in [0.1, 0.15) is 0 Å². The molecule has 5 heteroatoms. The normalized spacial score (nSPS) is 10.4. The predicted octanol–water partition coefficient (Wildman–Crippen LogP) is 7.60. The maximum Gasteiger partial charge on any atom is 0.503 e. The molecule has 0 fully saturated rings. The summed E-state index contributed by atoms with van der Waals surface area (Å²) in [6, 6.07) is 0. The molecule has 0 amide bonds. The van der Waals surface area contributed by atoms with Gasteiger partial charge in [0.05, 0.1) is 0 Å². The molecule has 0 saturated carbocycles. The summed E-state index contributed by atoms with van der Waals surface area (Å²) in [6.45, 7) is 21.5. The van der Waals surface area contributed by atoms with E-state index < -0.39 is 6.16 Å². The number of carbonyl (C=O) groups is 1. The van der Waals surface area contributed by atoms with E-state index in [2.05, 4.69) is 51.3 Å².